The highest BCUT2D eigenvalue weighted by molar-refractivity contribution is 14.0. The number of halogens is 1. The molecule has 2 N–H and O–H groups in total. The van der Waals surface area contributed by atoms with Gasteiger partial charge in [0.05, 0.1) is 7.11 Å². The Morgan fingerprint density at radius 3 is 2.39 bits per heavy atom. The molecule has 0 aliphatic carbocycles. The molecule has 28 heavy (non-hydrogen) atoms. The predicted octanol–water partition coefficient (Wildman–Crippen LogP) is 3.81. The highest BCUT2D eigenvalue weighted by Crippen LogP contribution is 2.37. The van der Waals surface area contributed by atoms with Gasteiger partial charge in [-0.15, -0.1) is 24.0 Å². The monoisotopic (exact) mass is 519 g/mol. The maximum absolute atomic E-state index is 5.65. The van der Waals surface area contributed by atoms with Crippen LogP contribution in [0.4, 0.5) is 0 Å². The summed E-state index contributed by atoms with van der Waals surface area (Å²) in [6, 6.07) is 8.49. The molecule has 0 spiro atoms. The number of thioether (sulfide) groups is 1. The summed E-state index contributed by atoms with van der Waals surface area (Å²) in [4.78, 5) is 4.45. The Morgan fingerprint density at radius 1 is 1.14 bits per heavy atom. The summed E-state index contributed by atoms with van der Waals surface area (Å²) in [5, 5.41) is 7.14. The van der Waals surface area contributed by atoms with E-state index in [-0.39, 0.29) is 29.4 Å². The van der Waals surface area contributed by atoms with E-state index in [0.717, 1.165) is 50.9 Å². The van der Waals surface area contributed by atoms with Gasteiger partial charge in [0.15, 0.2) is 5.96 Å². The highest BCUT2D eigenvalue weighted by atomic mass is 127. The fourth-order valence-electron chi connectivity index (χ4n) is 3.99. The molecule has 0 bridgehead atoms. The lowest BCUT2D eigenvalue weighted by Gasteiger charge is -2.38. The van der Waals surface area contributed by atoms with Crippen LogP contribution < -0.4 is 15.4 Å². The van der Waals surface area contributed by atoms with Gasteiger partial charge in [-0.2, -0.15) is 11.8 Å². The molecule has 0 radical (unpaired) electrons. The van der Waals surface area contributed by atoms with Crippen molar-refractivity contribution in [1.82, 2.24) is 10.6 Å². The van der Waals surface area contributed by atoms with Gasteiger partial charge in [0.2, 0.25) is 0 Å². The lowest BCUT2D eigenvalue weighted by molar-refractivity contribution is 0.0513. The Balaban J connectivity index is 0.00000280. The summed E-state index contributed by atoms with van der Waals surface area (Å²) in [6.07, 6.45) is 4.61. The molecule has 1 aromatic carbocycles. The van der Waals surface area contributed by atoms with Crippen LogP contribution in [0.2, 0.25) is 0 Å². The minimum absolute atomic E-state index is 0. The van der Waals surface area contributed by atoms with Crippen LogP contribution in [-0.2, 0) is 10.2 Å². The van der Waals surface area contributed by atoms with Crippen molar-refractivity contribution in [3.05, 3.63) is 29.8 Å². The fourth-order valence-corrected chi connectivity index (χ4v) is 5.24. The molecule has 1 unspecified atom stereocenters. The smallest absolute Gasteiger partial charge is 0.191 e. The van der Waals surface area contributed by atoms with Gasteiger partial charge in [0, 0.05) is 43.5 Å². The Kier molecular flexibility index (Phi) is 9.21. The minimum atomic E-state index is 0. The molecule has 2 saturated heterocycles. The van der Waals surface area contributed by atoms with Crippen LogP contribution in [0.1, 0.15) is 38.2 Å². The molecule has 158 valence electrons. The van der Waals surface area contributed by atoms with E-state index >= 15 is 0 Å². The molecular formula is C21H34IN3O2S. The lowest BCUT2D eigenvalue weighted by Crippen LogP contribution is -2.50. The van der Waals surface area contributed by atoms with E-state index in [9.17, 15) is 0 Å². The predicted molar refractivity (Wildman–Crippen MR) is 130 cm³/mol. The molecule has 0 saturated carbocycles. The maximum Gasteiger partial charge on any atom is 0.191 e. The first-order valence-electron chi connectivity index (χ1n) is 9.90. The maximum atomic E-state index is 5.65. The number of nitrogens with one attached hydrogen (secondary N) is 2. The van der Waals surface area contributed by atoms with Crippen molar-refractivity contribution in [3.8, 4) is 5.75 Å². The molecule has 1 aromatic rings. The van der Waals surface area contributed by atoms with Gasteiger partial charge in [0.1, 0.15) is 5.75 Å². The van der Waals surface area contributed by atoms with Gasteiger partial charge in [-0.1, -0.05) is 12.1 Å². The zero-order chi connectivity index (χ0) is 19.2. The van der Waals surface area contributed by atoms with Gasteiger partial charge in [-0.25, -0.2) is 0 Å². The second-order valence-corrected chi connectivity index (χ2v) is 9.48. The van der Waals surface area contributed by atoms with Crippen LogP contribution in [0.15, 0.2) is 29.3 Å². The highest BCUT2D eigenvalue weighted by Gasteiger charge is 2.35. The van der Waals surface area contributed by atoms with Crippen LogP contribution >= 0.6 is 35.7 Å². The zero-order valence-electron chi connectivity index (χ0n) is 17.3. The standard InChI is InChI=1S/C21H33N3O2S.HI/c1-20(9-4-14-27-20)15-23-19(22-2)24-16-21(10-12-26-13-11-21)17-5-7-18(25-3)8-6-17;/h5-8H,4,9-16H2,1-3H3,(H2,22,23,24);1H. The molecule has 2 aliphatic rings. The number of rotatable bonds is 6. The SMILES string of the molecule is CN=C(NCC1(C)CCCS1)NCC1(c2ccc(OC)cc2)CCOCC1.I. The molecule has 3 rings (SSSR count). The second-order valence-electron chi connectivity index (χ2n) is 7.80. The third-order valence-corrected chi connectivity index (χ3v) is 7.44. The Labute approximate surface area is 190 Å². The number of guanidine groups is 1. The summed E-state index contributed by atoms with van der Waals surface area (Å²) in [6.45, 7) is 5.76. The summed E-state index contributed by atoms with van der Waals surface area (Å²) in [5.41, 5.74) is 1.40. The third kappa shape index (κ3) is 5.92. The molecule has 2 aliphatic heterocycles. The number of hydrogen-bond donors (Lipinski definition) is 2. The summed E-state index contributed by atoms with van der Waals surface area (Å²) < 4.78 is 11.3. The number of nitrogens with zero attached hydrogens (tertiary/aromatic N) is 1. The van der Waals surface area contributed by atoms with Crippen LogP contribution in [0, 0.1) is 0 Å². The van der Waals surface area contributed by atoms with E-state index in [0.29, 0.717) is 4.75 Å². The van der Waals surface area contributed by atoms with E-state index in [1.165, 1.54) is 24.2 Å². The first-order chi connectivity index (χ1) is 13.1. The number of methoxy groups -OCH3 is 1. The van der Waals surface area contributed by atoms with Crippen LogP contribution in [-0.4, -0.2) is 56.9 Å². The molecular weight excluding hydrogens is 485 g/mol. The molecule has 5 nitrogen and oxygen atoms in total. The number of benzene rings is 1. The van der Waals surface area contributed by atoms with Gasteiger partial charge in [-0.05, 0) is 56.1 Å². The van der Waals surface area contributed by atoms with Gasteiger partial charge >= 0.3 is 0 Å². The quantitative estimate of drug-likeness (QED) is 0.340. The Bertz CT molecular complexity index is 627. The van der Waals surface area contributed by atoms with E-state index in [2.05, 4.69) is 58.6 Å². The first-order valence-corrected chi connectivity index (χ1v) is 10.9. The van der Waals surface area contributed by atoms with Gasteiger partial charge < -0.3 is 20.1 Å². The first kappa shape index (κ1) is 23.6. The van der Waals surface area contributed by atoms with Crippen molar-refractivity contribution in [3.63, 3.8) is 0 Å². The second kappa shape index (κ2) is 10.9. The van der Waals surface area contributed by atoms with Crippen molar-refractivity contribution in [2.24, 2.45) is 4.99 Å². The van der Waals surface area contributed by atoms with E-state index < -0.39 is 0 Å². The minimum Gasteiger partial charge on any atom is -0.497 e. The topological polar surface area (TPSA) is 54.9 Å². The van der Waals surface area contributed by atoms with Crippen molar-refractivity contribution >= 4 is 41.7 Å². The average Bonchev–Trinajstić information content (AvgIpc) is 3.15. The van der Waals surface area contributed by atoms with E-state index in [1.54, 1.807) is 7.11 Å². The van der Waals surface area contributed by atoms with Crippen LogP contribution in [0.25, 0.3) is 0 Å². The largest absolute Gasteiger partial charge is 0.497 e. The Hall–Kier alpha value is -0.670. The molecule has 0 amide bonds. The third-order valence-electron chi connectivity index (χ3n) is 5.90. The van der Waals surface area contributed by atoms with Crippen molar-refractivity contribution in [2.75, 3.05) is 46.2 Å². The lowest BCUT2D eigenvalue weighted by atomic mass is 9.74. The number of aliphatic imine (C=N–C) groups is 1. The van der Waals surface area contributed by atoms with Crippen molar-refractivity contribution in [2.45, 2.75) is 42.8 Å². The normalized spacial score (nSPS) is 24.3. The van der Waals surface area contributed by atoms with Crippen LogP contribution in [0.3, 0.4) is 0 Å². The Morgan fingerprint density at radius 2 is 1.82 bits per heavy atom. The fraction of sp³-hybridized carbons (Fsp3) is 0.667. The van der Waals surface area contributed by atoms with Crippen molar-refractivity contribution in [1.29, 1.82) is 0 Å². The van der Waals surface area contributed by atoms with E-state index in [1.807, 2.05) is 7.05 Å². The molecule has 1 atom stereocenters. The zero-order valence-corrected chi connectivity index (χ0v) is 20.4. The van der Waals surface area contributed by atoms with Crippen LogP contribution in [0.5, 0.6) is 5.75 Å². The van der Waals surface area contributed by atoms with Gasteiger partial charge in [0.25, 0.3) is 0 Å². The summed E-state index contributed by atoms with van der Waals surface area (Å²) in [7, 11) is 3.56. The summed E-state index contributed by atoms with van der Waals surface area (Å²) in [5.74, 6) is 3.06. The molecule has 2 heterocycles. The number of hydrogen-bond acceptors (Lipinski definition) is 4. The van der Waals surface area contributed by atoms with E-state index in [4.69, 9.17) is 9.47 Å². The summed E-state index contributed by atoms with van der Waals surface area (Å²) >= 11 is 2.07. The van der Waals surface area contributed by atoms with Crippen molar-refractivity contribution < 1.29 is 9.47 Å². The van der Waals surface area contributed by atoms with Gasteiger partial charge in [-0.3, -0.25) is 4.99 Å². The molecule has 2 fully saturated rings. The molecule has 0 aromatic heterocycles. The average molecular weight is 519 g/mol. The molecule has 7 heteroatoms. The number of ether oxygens (including phenoxy) is 2.